The number of fused-ring (bicyclic) bond motifs is 1. The maximum atomic E-state index is 14.0. The lowest BCUT2D eigenvalue weighted by Crippen LogP contribution is -2.20. The molecular weight excluding hydrogens is 276 g/mol. The van der Waals surface area contributed by atoms with E-state index in [9.17, 15) is 8.78 Å². The van der Waals surface area contributed by atoms with Gasteiger partial charge in [0, 0.05) is 5.56 Å². The third-order valence-electron chi connectivity index (χ3n) is 3.46. The van der Waals surface area contributed by atoms with Gasteiger partial charge in [0.2, 0.25) is 0 Å². The SMILES string of the molecule is CNC(c1ccc2c(c1)OCCO2)c1cc(F)ccc1F. The molecule has 0 bridgehead atoms. The molecule has 5 heteroatoms. The van der Waals surface area contributed by atoms with E-state index in [4.69, 9.17) is 9.47 Å². The molecule has 2 aromatic rings. The second-order valence-electron chi connectivity index (χ2n) is 4.79. The molecule has 0 spiro atoms. The molecule has 1 aliphatic rings. The molecule has 0 aromatic heterocycles. The average molecular weight is 291 g/mol. The molecule has 1 heterocycles. The van der Waals surface area contributed by atoms with E-state index >= 15 is 0 Å². The molecule has 1 aliphatic heterocycles. The maximum absolute atomic E-state index is 14.0. The number of halogens is 2. The molecule has 0 aliphatic carbocycles. The summed E-state index contributed by atoms with van der Waals surface area (Å²) >= 11 is 0. The van der Waals surface area contributed by atoms with Crippen molar-refractivity contribution in [3.63, 3.8) is 0 Å². The van der Waals surface area contributed by atoms with Gasteiger partial charge >= 0.3 is 0 Å². The van der Waals surface area contributed by atoms with Gasteiger partial charge in [-0.1, -0.05) is 6.07 Å². The summed E-state index contributed by atoms with van der Waals surface area (Å²) in [5.41, 5.74) is 1.04. The fourth-order valence-electron chi connectivity index (χ4n) is 2.48. The summed E-state index contributed by atoms with van der Waals surface area (Å²) in [6.45, 7) is 0.995. The average Bonchev–Trinajstić information content (AvgIpc) is 2.51. The van der Waals surface area contributed by atoms with E-state index in [0.29, 0.717) is 24.7 Å². The molecule has 3 nitrogen and oxygen atoms in total. The first kappa shape index (κ1) is 13.8. The van der Waals surface area contributed by atoms with E-state index in [0.717, 1.165) is 17.7 Å². The van der Waals surface area contributed by atoms with Crippen molar-refractivity contribution in [2.75, 3.05) is 20.3 Å². The van der Waals surface area contributed by atoms with Crippen LogP contribution in [0, 0.1) is 11.6 Å². The summed E-state index contributed by atoms with van der Waals surface area (Å²) in [5.74, 6) is 0.366. The van der Waals surface area contributed by atoms with E-state index in [2.05, 4.69) is 5.32 Å². The van der Waals surface area contributed by atoms with Gasteiger partial charge < -0.3 is 14.8 Å². The summed E-state index contributed by atoms with van der Waals surface area (Å²) in [6, 6.07) is 8.37. The summed E-state index contributed by atoms with van der Waals surface area (Å²) < 4.78 is 38.4. The minimum Gasteiger partial charge on any atom is -0.486 e. The highest BCUT2D eigenvalue weighted by Crippen LogP contribution is 2.34. The fourth-order valence-corrected chi connectivity index (χ4v) is 2.48. The minimum absolute atomic E-state index is 0.258. The largest absolute Gasteiger partial charge is 0.486 e. The van der Waals surface area contributed by atoms with Crippen molar-refractivity contribution in [2.45, 2.75) is 6.04 Å². The van der Waals surface area contributed by atoms with E-state index < -0.39 is 17.7 Å². The molecular formula is C16H15F2NO2. The summed E-state index contributed by atoms with van der Waals surface area (Å²) in [5, 5.41) is 3.01. The van der Waals surface area contributed by atoms with Gasteiger partial charge in [-0.25, -0.2) is 8.78 Å². The van der Waals surface area contributed by atoms with Gasteiger partial charge in [0.25, 0.3) is 0 Å². The number of hydrogen-bond acceptors (Lipinski definition) is 3. The second kappa shape index (κ2) is 5.69. The van der Waals surface area contributed by atoms with Crippen LogP contribution in [0.3, 0.4) is 0 Å². The molecule has 0 amide bonds. The van der Waals surface area contributed by atoms with Crippen LogP contribution in [-0.2, 0) is 0 Å². The highest BCUT2D eigenvalue weighted by atomic mass is 19.1. The van der Waals surface area contributed by atoms with Crippen molar-refractivity contribution < 1.29 is 18.3 Å². The van der Waals surface area contributed by atoms with Gasteiger partial charge in [-0.2, -0.15) is 0 Å². The third kappa shape index (κ3) is 2.69. The molecule has 1 unspecified atom stereocenters. The first-order chi connectivity index (χ1) is 10.2. The zero-order valence-electron chi connectivity index (χ0n) is 11.5. The van der Waals surface area contributed by atoms with Crippen LogP contribution in [0.15, 0.2) is 36.4 Å². The number of ether oxygens (including phenoxy) is 2. The summed E-state index contributed by atoms with van der Waals surface area (Å²) in [4.78, 5) is 0. The first-order valence-electron chi connectivity index (χ1n) is 6.71. The van der Waals surface area contributed by atoms with E-state index in [1.165, 1.54) is 6.07 Å². The maximum Gasteiger partial charge on any atom is 0.161 e. The molecule has 0 saturated heterocycles. The van der Waals surface area contributed by atoms with Crippen molar-refractivity contribution in [1.29, 1.82) is 0 Å². The predicted octanol–water partition coefficient (Wildman–Crippen LogP) is 3.04. The van der Waals surface area contributed by atoms with Crippen molar-refractivity contribution in [1.82, 2.24) is 5.32 Å². The van der Waals surface area contributed by atoms with E-state index in [-0.39, 0.29) is 5.56 Å². The summed E-state index contributed by atoms with van der Waals surface area (Å²) in [7, 11) is 1.70. The summed E-state index contributed by atoms with van der Waals surface area (Å²) in [6.07, 6.45) is 0. The molecule has 0 radical (unpaired) electrons. The Morgan fingerprint density at radius 3 is 2.52 bits per heavy atom. The van der Waals surface area contributed by atoms with Crippen LogP contribution >= 0.6 is 0 Å². The normalized spacial score (nSPS) is 14.8. The molecule has 0 saturated carbocycles. The number of benzene rings is 2. The van der Waals surface area contributed by atoms with Crippen molar-refractivity contribution in [3.8, 4) is 11.5 Å². The quantitative estimate of drug-likeness (QED) is 0.943. The zero-order chi connectivity index (χ0) is 14.8. The standard InChI is InChI=1S/C16H15F2NO2/c1-19-16(12-9-11(17)3-4-13(12)18)10-2-5-14-15(8-10)21-7-6-20-14/h2-5,8-9,16,19H,6-7H2,1H3. The Bertz CT molecular complexity index is 661. The van der Waals surface area contributed by atoms with Crippen LogP contribution in [-0.4, -0.2) is 20.3 Å². The Morgan fingerprint density at radius 2 is 1.76 bits per heavy atom. The molecule has 2 aromatic carbocycles. The molecule has 21 heavy (non-hydrogen) atoms. The Labute approximate surface area is 121 Å². The van der Waals surface area contributed by atoms with Gasteiger partial charge in [-0.05, 0) is 42.9 Å². The van der Waals surface area contributed by atoms with Crippen LogP contribution in [0.4, 0.5) is 8.78 Å². The van der Waals surface area contributed by atoms with Gasteiger partial charge in [0.15, 0.2) is 11.5 Å². The second-order valence-corrected chi connectivity index (χ2v) is 4.79. The third-order valence-corrected chi connectivity index (χ3v) is 3.46. The lowest BCUT2D eigenvalue weighted by Gasteiger charge is -2.22. The minimum atomic E-state index is -0.468. The smallest absolute Gasteiger partial charge is 0.161 e. The number of hydrogen-bond donors (Lipinski definition) is 1. The van der Waals surface area contributed by atoms with Crippen LogP contribution in [0.1, 0.15) is 17.2 Å². The van der Waals surface area contributed by atoms with Gasteiger partial charge in [-0.3, -0.25) is 0 Å². The van der Waals surface area contributed by atoms with Gasteiger partial charge in [0.05, 0.1) is 6.04 Å². The number of rotatable bonds is 3. The monoisotopic (exact) mass is 291 g/mol. The van der Waals surface area contributed by atoms with Crippen molar-refractivity contribution >= 4 is 0 Å². The Kier molecular flexibility index (Phi) is 3.75. The molecule has 3 rings (SSSR count). The highest BCUT2D eigenvalue weighted by Gasteiger charge is 2.20. The van der Waals surface area contributed by atoms with Crippen molar-refractivity contribution in [2.24, 2.45) is 0 Å². The Hall–Kier alpha value is -2.14. The molecule has 0 fully saturated rings. The predicted molar refractivity (Wildman–Crippen MR) is 74.7 cm³/mol. The topological polar surface area (TPSA) is 30.5 Å². The molecule has 110 valence electrons. The van der Waals surface area contributed by atoms with Crippen LogP contribution < -0.4 is 14.8 Å². The van der Waals surface area contributed by atoms with E-state index in [1.807, 2.05) is 6.07 Å². The molecule has 1 N–H and O–H groups in total. The highest BCUT2D eigenvalue weighted by molar-refractivity contribution is 5.46. The first-order valence-corrected chi connectivity index (χ1v) is 6.71. The van der Waals surface area contributed by atoms with Gasteiger partial charge in [-0.15, -0.1) is 0 Å². The fraction of sp³-hybridized carbons (Fsp3) is 0.250. The lowest BCUT2D eigenvalue weighted by atomic mass is 9.97. The Morgan fingerprint density at radius 1 is 1.00 bits per heavy atom. The Balaban J connectivity index is 2.01. The molecule has 1 atom stereocenters. The van der Waals surface area contributed by atoms with Crippen LogP contribution in [0.5, 0.6) is 11.5 Å². The lowest BCUT2D eigenvalue weighted by molar-refractivity contribution is 0.171. The van der Waals surface area contributed by atoms with E-state index in [1.54, 1.807) is 19.2 Å². The zero-order valence-corrected chi connectivity index (χ0v) is 11.5. The van der Waals surface area contributed by atoms with Gasteiger partial charge in [0.1, 0.15) is 24.8 Å². The number of nitrogens with one attached hydrogen (secondary N) is 1. The van der Waals surface area contributed by atoms with Crippen LogP contribution in [0.2, 0.25) is 0 Å². The van der Waals surface area contributed by atoms with Crippen LogP contribution in [0.25, 0.3) is 0 Å². The van der Waals surface area contributed by atoms with Crippen molar-refractivity contribution in [3.05, 3.63) is 59.2 Å².